The minimum Gasteiger partial charge on any atom is -0.452 e. The number of esters is 1. The van der Waals surface area contributed by atoms with Gasteiger partial charge in [-0.05, 0) is 29.8 Å². The third kappa shape index (κ3) is 6.32. The topological polar surface area (TPSA) is 93.7 Å². The maximum atomic E-state index is 13.5. The fourth-order valence-electron chi connectivity index (χ4n) is 2.16. The van der Waals surface area contributed by atoms with Gasteiger partial charge in [0.2, 0.25) is 5.91 Å². The number of ether oxygens (including phenoxy) is 2. The summed E-state index contributed by atoms with van der Waals surface area (Å²) in [5, 5.41) is 4.13. The highest BCUT2D eigenvalue weighted by molar-refractivity contribution is 5.95. The van der Waals surface area contributed by atoms with Crippen LogP contribution in [0.1, 0.15) is 15.9 Å². The van der Waals surface area contributed by atoms with Crippen molar-refractivity contribution < 1.29 is 37.0 Å². The highest BCUT2D eigenvalue weighted by Crippen LogP contribution is 2.19. The van der Waals surface area contributed by atoms with E-state index in [0.717, 1.165) is 11.6 Å². The number of hydrogen-bond donors (Lipinski definition) is 2. The summed E-state index contributed by atoms with van der Waals surface area (Å²) in [5.41, 5.74) is 0.501. The molecule has 0 radical (unpaired) electrons. The molecule has 0 atom stereocenters. The van der Waals surface area contributed by atoms with Crippen LogP contribution >= 0.6 is 0 Å². The van der Waals surface area contributed by atoms with Crippen molar-refractivity contribution in [1.29, 1.82) is 0 Å². The van der Waals surface area contributed by atoms with E-state index in [-0.39, 0.29) is 5.56 Å². The van der Waals surface area contributed by atoms with Crippen molar-refractivity contribution in [3.8, 4) is 0 Å². The molecular weight excluding hydrogens is 393 g/mol. The summed E-state index contributed by atoms with van der Waals surface area (Å²) in [4.78, 5) is 35.2. The lowest BCUT2D eigenvalue weighted by atomic mass is 10.1. The standard InChI is InChI=1S/C19H17F3N2O5/c1-28-9-11-2-4-12(5-3-11)19(27)29-10-16(26)23-8-15(25)24-14-7-6-13(20)17(21)18(14)22/h2-7H,8-10H2,1H3,(H,23,26)(H,24,25). The molecule has 0 aliphatic rings. The summed E-state index contributed by atoms with van der Waals surface area (Å²) in [7, 11) is 1.54. The van der Waals surface area contributed by atoms with E-state index in [1.807, 2.05) is 5.32 Å². The van der Waals surface area contributed by atoms with Gasteiger partial charge in [-0.2, -0.15) is 0 Å². The Bertz CT molecular complexity index is 903. The SMILES string of the molecule is COCc1ccc(C(=O)OCC(=O)NCC(=O)Nc2ccc(F)c(F)c2F)cc1. The van der Waals surface area contributed by atoms with E-state index in [4.69, 9.17) is 9.47 Å². The molecule has 0 aliphatic carbocycles. The van der Waals surface area contributed by atoms with Gasteiger partial charge in [0.25, 0.3) is 5.91 Å². The number of anilines is 1. The van der Waals surface area contributed by atoms with Gasteiger partial charge in [-0.25, -0.2) is 18.0 Å². The minimum absolute atomic E-state index is 0.226. The largest absolute Gasteiger partial charge is 0.452 e. The van der Waals surface area contributed by atoms with Gasteiger partial charge >= 0.3 is 5.97 Å². The van der Waals surface area contributed by atoms with Crippen LogP contribution in [-0.2, 0) is 25.7 Å². The van der Waals surface area contributed by atoms with Gasteiger partial charge in [0.15, 0.2) is 24.1 Å². The van der Waals surface area contributed by atoms with E-state index in [2.05, 4.69) is 5.32 Å². The average molecular weight is 410 g/mol. The summed E-state index contributed by atoms with van der Waals surface area (Å²) < 4.78 is 49.2. The molecule has 0 spiro atoms. The lowest BCUT2D eigenvalue weighted by molar-refractivity contribution is -0.126. The average Bonchev–Trinajstić information content (AvgIpc) is 2.71. The van der Waals surface area contributed by atoms with Crippen molar-refractivity contribution in [2.75, 3.05) is 25.6 Å². The first-order valence-electron chi connectivity index (χ1n) is 8.27. The zero-order valence-electron chi connectivity index (χ0n) is 15.3. The van der Waals surface area contributed by atoms with Crippen LogP contribution in [0.25, 0.3) is 0 Å². The van der Waals surface area contributed by atoms with Gasteiger partial charge in [0.1, 0.15) is 0 Å². The van der Waals surface area contributed by atoms with Gasteiger partial charge in [-0.15, -0.1) is 0 Å². The van der Waals surface area contributed by atoms with Crippen LogP contribution in [0.2, 0.25) is 0 Å². The Morgan fingerprint density at radius 2 is 1.62 bits per heavy atom. The Labute approximate surface area is 163 Å². The maximum absolute atomic E-state index is 13.5. The molecular formula is C19H17F3N2O5. The fraction of sp³-hybridized carbons (Fsp3) is 0.211. The van der Waals surface area contributed by atoms with Crippen LogP contribution in [0.4, 0.5) is 18.9 Å². The van der Waals surface area contributed by atoms with Gasteiger partial charge in [0, 0.05) is 7.11 Å². The number of halogens is 3. The van der Waals surface area contributed by atoms with Crippen molar-refractivity contribution in [2.45, 2.75) is 6.61 Å². The predicted molar refractivity (Wildman–Crippen MR) is 95.4 cm³/mol. The summed E-state index contributed by atoms with van der Waals surface area (Å²) >= 11 is 0. The quantitative estimate of drug-likeness (QED) is 0.514. The molecule has 29 heavy (non-hydrogen) atoms. The van der Waals surface area contributed by atoms with Crippen LogP contribution < -0.4 is 10.6 Å². The molecule has 0 saturated carbocycles. The first kappa shape index (κ1) is 21.9. The molecule has 0 aliphatic heterocycles. The second kappa shape index (κ2) is 10.2. The van der Waals surface area contributed by atoms with Crippen LogP contribution in [0, 0.1) is 17.5 Å². The molecule has 154 valence electrons. The Morgan fingerprint density at radius 3 is 2.28 bits per heavy atom. The van der Waals surface area contributed by atoms with Gasteiger partial charge in [-0.3, -0.25) is 9.59 Å². The number of amides is 2. The summed E-state index contributed by atoms with van der Waals surface area (Å²) in [5.74, 6) is -7.09. The van der Waals surface area contributed by atoms with E-state index in [1.54, 1.807) is 12.1 Å². The number of benzene rings is 2. The Kier molecular flexibility index (Phi) is 7.72. The monoisotopic (exact) mass is 410 g/mol. The smallest absolute Gasteiger partial charge is 0.338 e. The van der Waals surface area contributed by atoms with Crippen molar-refractivity contribution in [3.05, 3.63) is 65.0 Å². The van der Waals surface area contributed by atoms with Crippen molar-refractivity contribution >= 4 is 23.5 Å². The molecule has 2 amide bonds. The lowest BCUT2D eigenvalue weighted by Gasteiger charge is -2.09. The van der Waals surface area contributed by atoms with E-state index >= 15 is 0 Å². The van der Waals surface area contributed by atoms with Crippen LogP contribution in [0.15, 0.2) is 36.4 Å². The highest BCUT2D eigenvalue weighted by Gasteiger charge is 2.16. The molecule has 10 heteroatoms. The van der Waals surface area contributed by atoms with Gasteiger partial charge in [-0.1, -0.05) is 12.1 Å². The number of hydrogen-bond acceptors (Lipinski definition) is 5. The molecule has 2 aromatic carbocycles. The Balaban J connectivity index is 1.77. The molecule has 0 unspecified atom stereocenters. The molecule has 2 rings (SSSR count). The van der Waals surface area contributed by atoms with Crippen LogP contribution in [0.5, 0.6) is 0 Å². The molecule has 0 heterocycles. The third-order valence-corrected chi connectivity index (χ3v) is 3.59. The van der Waals surface area contributed by atoms with Gasteiger partial charge in [0.05, 0.1) is 24.4 Å². The minimum atomic E-state index is -1.73. The predicted octanol–water partition coefficient (Wildman–Crippen LogP) is 2.16. The number of rotatable bonds is 8. The van der Waals surface area contributed by atoms with Gasteiger partial charge < -0.3 is 20.1 Å². The van der Waals surface area contributed by atoms with E-state index in [0.29, 0.717) is 12.7 Å². The second-order valence-corrected chi connectivity index (χ2v) is 5.75. The highest BCUT2D eigenvalue weighted by atomic mass is 19.2. The van der Waals surface area contributed by atoms with E-state index < -0.39 is 54.1 Å². The lowest BCUT2D eigenvalue weighted by Crippen LogP contribution is -2.35. The summed E-state index contributed by atoms with van der Waals surface area (Å²) in [6.45, 7) is -0.861. The van der Waals surface area contributed by atoms with Crippen molar-refractivity contribution in [1.82, 2.24) is 5.32 Å². The molecule has 0 saturated heterocycles. The fourth-order valence-corrected chi connectivity index (χ4v) is 2.16. The normalized spacial score (nSPS) is 10.3. The molecule has 2 N–H and O–H groups in total. The Hall–Kier alpha value is -3.40. The summed E-state index contributed by atoms with van der Waals surface area (Å²) in [6, 6.07) is 7.85. The molecule has 2 aromatic rings. The van der Waals surface area contributed by atoms with E-state index in [1.165, 1.54) is 19.2 Å². The number of carbonyl (C=O) groups is 3. The zero-order valence-corrected chi connectivity index (χ0v) is 15.3. The number of carbonyl (C=O) groups excluding carboxylic acids is 3. The maximum Gasteiger partial charge on any atom is 0.338 e. The molecule has 0 fully saturated rings. The summed E-state index contributed by atoms with van der Waals surface area (Å²) in [6.07, 6.45) is 0. The van der Waals surface area contributed by atoms with Crippen LogP contribution in [-0.4, -0.2) is 38.0 Å². The Morgan fingerprint density at radius 1 is 0.931 bits per heavy atom. The number of nitrogens with one attached hydrogen (secondary N) is 2. The van der Waals surface area contributed by atoms with Crippen molar-refractivity contribution in [3.63, 3.8) is 0 Å². The number of methoxy groups -OCH3 is 1. The molecule has 0 bridgehead atoms. The van der Waals surface area contributed by atoms with Crippen molar-refractivity contribution in [2.24, 2.45) is 0 Å². The first-order chi connectivity index (χ1) is 13.8. The second-order valence-electron chi connectivity index (χ2n) is 5.75. The molecule has 7 nitrogen and oxygen atoms in total. The zero-order chi connectivity index (χ0) is 21.4. The first-order valence-corrected chi connectivity index (χ1v) is 8.27. The molecule has 0 aromatic heterocycles. The van der Waals surface area contributed by atoms with E-state index in [9.17, 15) is 27.6 Å². The van der Waals surface area contributed by atoms with Crippen LogP contribution in [0.3, 0.4) is 0 Å². The third-order valence-electron chi connectivity index (χ3n) is 3.59.